The monoisotopic (exact) mass is 500 g/mol. The number of fused-ring (bicyclic) bond motifs is 1. The fraction of sp³-hybridized carbons (Fsp3) is 0.292. The summed E-state index contributed by atoms with van der Waals surface area (Å²) >= 11 is 0. The van der Waals surface area contributed by atoms with Crippen molar-refractivity contribution in [3.8, 4) is 11.5 Å². The van der Waals surface area contributed by atoms with E-state index >= 15 is 0 Å². The number of alkyl halides is 2. The zero-order valence-corrected chi connectivity index (χ0v) is 19.9. The molecule has 0 aliphatic heterocycles. The van der Waals surface area contributed by atoms with E-state index in [1.807, 2.05) is 0 Å². The predicted molar refractivity (Wildman–Crippen MR) is 124 cm³/mol. The van der Waals surface area contributed by atoms with Crippen molar-refractivity contribution >= 4 is 22.8 Å². The van der Waals surface area contributed by atoms with Gasteiger partial charge in [-0.3, -0.25) is 4.79 Å². The van der Waals surface area contributed by atoms with E-state index < -0.39 is 29.3 Å². The van der Waals surface area contributed by atoms with Gasteiger partial charge in [0, 0.05) is 11.8 Å². The molecule has 188 valence electrons. The molecule has 0 radical (unpaired) electrons. The molecule has 4 aromatic rings. The number of carbonyl (C=O) groups excluding carboxylic acids is 1. The van der Waals surface area contributed by atoms with Crippen LogP contribution in [0.4, 0.5) is 19.0 Å². The van der Waals surface area contributed by atoms with Gasteiger partial charge >= 0.3 is 5.97 Å². The molecule has 0 aliphatic carbocycles. The van der Waals surface area contributed by atoms with E-state index in [1.165, 1.54) is 24.6 Å². The molecule has 0 unspecified atom stereocenters. The van der Waals surface area contributed by atoms with Gasteiger partial charge in [-0.2, -0.15) is 15.9 Å². The van der Waals surface area contributed by atoms with Gasteiger partial charge in [-0.1, -0.05) is 18.2 Å². The second-order valence-corrected chi connectivity index (χ2v) is 8.48. The molecule has 0 saturated carbocycles. The normalized spacial score (nSPS) is 11.9. The van der Waals surface area contributed by atoms with Crippen LogP contribution in [0, 0.1) is 5.82 Å². The molecule has 0 atom stereocenters. The number of rotatable bonds is 8. The topological polar surface area (TPSA) is 125 Å². The van der Waals surface area contributed by atoms with Crippen LogP contribution < -0.4 is 11.3 Å². The molecule has 0 spiro atoms. The maximum absolute atomic E-state index is 14.3. The Morgan fingerprint density at radius 3 is 2.61 bits per heavy atom. The maximum atomic E-state index is 14.3. The van der Waals surface area contributed by atoms with Crippen LogP contribution in [0.15, 0.2) is 42.6 Å². The molecule has 9 nitrogen and oxygen atoms in total. The lowest BCUT2D eigenvalue weighted by molar-refractivity contribution is -0.588. The molecule has 3 heterocycles. The first-order chi connectivity index (χ1) is 17.2. The molecule has 3 aromatic heterocycles. The van der Waals surface area contributed by atoms with Gasteiger partial charge < -0.3 is 4.74 Å². The molecule has 0 fully saturated rings. The van der Waals surface area contributed by atoms with E-state index in [0.717, 1.165) is 5.43 Å². The highest BCUT2D eigenvalue weighted by molar-refractivity contribution is 5.90. The lowest BCUT2D eigenvalue weighted by Crippen LogP contribution is -2.86. The van der Waals surface area contributed by atoms with Crippen molar-refractivity contribution in [2.45, 2.75) is 39.2 Å². The third kappa shape index (κ3) is 4.52. The summed E-state index contributed by atoms with van der Waals surface area (Å²) in [5.41, 5.74) is -0.308. The zero-order valence-electron chi connectivity index (χ0n) is 19.9. The van der Waals surface area contributed by atoms with Gasteiger partial charge in [-0.25, -0.2) is 33.2 Å². The minimum atomic E-state index is -3.04. The van der Waals surface area contributed by atoms with Crippen LogP contribution in [-0.2, 0) is 21.5 Å². The first-order valence-electron chi connectivity index (χ1n) is 11.2. The number of aromatic nitrogens is 5. The number of hydrogen-bond acceptors (Lipinski definition) is 7. The zero-order chi connectivity index (χ0) is 26.0. The van der Waals surface area contributed by atoms with Crippen molar-refractivity contribution in [3.05, 3.63) is 65.2 Å². The number of quaternary nitrogens is 1. The fourth-order valence-electron chi connectivity index (χ4n) is 4.01. The number of halogens is 3. The van der Waals surface area contributed by atoms with Crippen LogP contribution in [-0.4, -0.2) is 37.3 Å². The Balaban J connectivity index is 1.91. The number of hydrogen-bond donors (Lipinski definition) is 2. The molecule has 12 heteroatoms. The van der Waals surface area contributed by atoms with Crippen molar-refractivity contribution < 1.29 is 28.1 Å². The van der Waals surface area contributed by atoms with Crippen molar-refractivity contribution in [1.82, 2.24) is 24.7 Å². The fourth-order valence-corrected chi connectivity index (χ4v) is 4.01. The van der Waals surface area contributed by atoms with Crippen molar-refractivity contribution in [2.24, 2.45) is 5.84 Å². The Morgan fingerprint density at radius 2 is 1.94 bits per heavy atom. The predicted octanol–water partition coefficient (Wildman–Crippen LogP) is 2.92. The van der Waals surface area contributed by atoms with Crippen molar-refractivity contribution in [3.63, 3.8) is 0 Å². The number of pyridine rings is 1. The summed E-state index contributed by atoms with van der Waals surface area (Å²) in [7, 11) is 0. The Hall–Kier alpha value is -3.90. The summed E-state index contributed by atoms with van der Waals surface area (Å²) in [6.45, 7) is 4.64. The highest BCUT2D eigenvalue weighted by Gasteiger charge is 2.41. The second-order valence-electron chi connectivity index (χ2n) is 8.48. The number of carbonyl (C=O) groups is 1. The number of benzene rings is 1. The Kier molecular flexibility index (Phi) is 7.00. The highest BCUT2D eigenvalue weighted by Crippen LogP contribution is 2.37. The Labute approximate surface area is 204 Å². The summed E-state index contributed by atoms with van der Waals surface area (Å²) < 4.78 is 49.4. The summed E-state index contributed by atoms with van der Waals surface area (Å²) in [6, 6.07) is 9.57. The van der Waals surface area contributed by atoms with Gasteiger partial charge in [-0.05, 0) is 39.0 Å². The number of esters is 1. The third-order valence-electron chi connectivity index (χ3n) is 5.74. The molecule has 0 saturated heterocycles. The first-order valence-corrected chi connectivity index (χ1v) is 11.2. The van der Waals surface area contributed by atoms with Crippen LogP contribution >= 0.6 is 0 Å². The SMILES string of the molecule is CCOC(=O)C(C)(C)c1c([NH2+]N)nc(-c2nn(Cc3ccccc3F)c3ncccc23)nc1C(F)F. The van der Waals surface area contributed by atoms with Gasteiger partial charge in [0.2, 0.25) is 0 Å². The molecule has 0 amide bonds. The minimum Gasteiger partial charge on any atom is -0.465 e. The van der Waals surface area contributed by atoms with E-state index in [4.69, 9.17) is 10.6 Å². The van der Waals surface area contributed by atoms with E-state index in [9.17, 15) is 18.0 Å². The standard InChI is InChI=1S/C24H24F3N7O2/c1-4-36-23(35)24(2,3)16-18(19(26)27)30-21(31-20(16)32-28)17-14-9-7-11-29-22(14)34(33-17)12-13-8-5-6-10-15(13)25/h5-11,19H,4,12,28H2,1-3H3,(H,30,31,32)/p+1. The van der Waals surface area contributed by atoms with Gasteiger partial charge in [0.25, 0.3) is 12.2 Å². The maximum Gasteiger partial charge on any atom is 0.316 e. The van der Waals surface area contributed by atoms with Gasteiger partial charge in [0.1, 0.15) is 17.2 Å². The van der Waals surface area contributed by atoms with Gasteiger partial charge in [0.15, 0.2) is 11.5 Å². The number of nitrogens with zero attached hydrogens (tertiary/aromatic N) is 5. The van der Waals surface area contributed by atoms with E-state index in [2.05, 4.69) is 20.1 Å². The first kappa shape index (κ1) is 25.2. The molecule has 36 heavy (non-hydrogen) atoms. The van der Waals surface area contributed by atoms with Gasteiger partial charge in [0.05, 0.1) is 29.5 Å². The summed E-state index contributed by atoms with van der Waals surface area (Å²) in [6.07, 6.45) is -1.50. The Morgan fingerprint density at radius 1 is 1.19 bits per heavy atom. The minimum absolute atomic E-state index is 0.0472. The highest BCUT2D eigenvalue weighted by atomic mass is 19.3. The van der Waals surface area contributed by atoms with Crippen LogP contribution in [0.5, 0.6) is 0 Å². The average Bonchev–Trinajstić information content (AvgIpc) is 3.23. The molecular formula is C24H25F3N7O2+. The lowest BCUT2D eigenvalue weighted by atomic mass is 9.83. The average molecular weight is 501 g/mol. The van der Waals surface area contributed by atoms with Crippen molar-refractivity contribution in [2.75, 3.05) is 6.61 Å². The largest absolute Gasteiger partial charge is 0.465 e. The van der Waals surface area contributed by atoms with E-state index in [0.29, 0.717) is 16.6 Å². The van der Waals surface area contributed by atoms with Crippen LogP contribution in [0.3, 0.4) is 0 Å². The summed E-state index contributed by atoms with van der Waals surface area (Å²) in [5.74, 6) is 4.48. The third-order valence-corrected chi connectivity index (χ3v) is 5.74. The molecule has 4 N–H and O–H groups in total. The van der Waals surface area contributed by atoms with Crippen LogP contribution in [0.25, 0.3) is 22.6 Å². The second kappa shape index (κ2) is 9.99. The van der Waals surface area contributed by atoms with Gasteiger partial charge in [-0.15, -0.1) is 0 Å². The smallest absolute Gasteiger partial charge is 0.316 e. The number of nitrogens with two attached hydrogens (primary N) is 2. The molecular weight excluding hydrogens is 475 g/mol. The molecule has 4 rings (SSSR count). The Bertz CT molecular complexity index is 1420. The van der Waals surface area contributed by atoms with Crippen LogP contribution in [0.2, 0.25) is 0 Å². The quantitative estimate of drug-likeness (QED) is 0.216. The summed E-state index contributed by atoms with van der Waals surface area (Å²) in [5, 5.41) is 4.98. The molecule has 1 aromatic carbocycles. The molecule has 0 bridgehead atoms. The number of ether oxygens (including phenoxy) is 1. The van der Waals surface area contributed by atoms with E-state index in [1.54, 1.807) is 43.5 Å². The van der Waals surface area contributed by atoms with Crippen molar-refractivity contribution in [1.29, 1.82) is 0 Å². The van der Waals surface area contributed by atoms with Crippen LogP contribution in [0.1, 0.15) is 44.0 Å². The lowest BCUT2D eigenvalue weighted by Gasteiger charge is -2.25. The van der Waals surface area contributed by atoms with E-state index in [-0.39, 0.29) is 36.1 Å². The molecule has 0 aliphatic rings. The summed E-state index contributed by atoms with van der Waals surface area (Å²) in [4.78, 5) is 25.5.